The van der Waals surface area contributed by atoms with Gasteiger partial charge in [-0.05, 0) is 37.1 Å². The normalized spacial score (nSPS) is 23.7. The van der Waals surface area contributed by atoms with Crippen LogP contribution in [-0.2, 0) is 0 Å². The lowest BCUT2D eigenvalue weighted by Gasteiger charge is -2.30. The predicted octanol–water partition coefficient (Wildman–Crippen LogP) is 2.72. The van der Waals surface area contributed by atoms with Crippen molar-refractivity contribution < 1.29 is 4.79 Å². The van der Waals surface area contributed by atoms with Crippen LogP contribution in [0.1, 0.15) is 23.7 Å². The topological polar surface area (TPSA) is 41.1 Å². The highest BCUT2D eigenvalue weighted by molar-refractivity contribution is 6.35. The highest BCUT2D eigenvalue weighted by Crippen LogP contribution is 2.19. The van der Waals surface area contributed by atoms with Crippen molar-refractivity contribution in [1.82, 2.24) is 10.6 Å². The highest BCUT2D eigenvalue weighted by atomic mass is 35.5. The zero-order valence-corrected chi connectivity index (χ0v) is 11.7. The third-order valence-corrected chi connectivity index (χ3v) is 3.71. The van der Waals surface area contributed by atoms with Crippen LogP contribution < -0.4 is 10.6 Å². The van der Waals surface area contributed by atoms with Gasteiger partial charge in [0.05, 0.1) is 0 Å². The van der Waals surface area contributed by atoms with Gasteiger partial charge < -0.3 is 10.6 Å². The average molecular weight is 287 g/mol. The van der Waals surface area contributed by atoms with Gasteiger partial charge in [0.15, 0.2) is 0 Å². The summed E-state index contributed by atoms with van der Waals surface area (Å²) in [4.78, 5) is 12.1. The molecule has 1 aromatic carbocycles. The van der Waals surface area contributed by atoms with E-state index in [1.165, 1.54) is 0 Å². The molecule has 1 aromatic rings. The first-order valence-corrected chi connectivity index (χ1v) is 6.79. The fourth-order valence-electron chi connectivity index (χ4n) is 2.12. The summed E-state index contributed by atoms with van der Waals surface area (Å²) in [5.41, 5.74) is 0.505. The lowest BCUT2D eigenvalue weighted by atomic mass is 9.94. The number of piperidine rings is 1. The molecule has 1 heterocycles. The van der Waals surface area contributed by atoms with Crippen LogP contribution in [0.2, 0.25) is 10.0 Å². The number of benzene rings is 1. The largest absolute Gasteiger partial charge is 0.348 e. The van der Waals surface area contributed by atoms with E-state index >= 15 is 0 Å². The van der Waals surface area contributed by atoms with E-state index < -0.39 is 0 Å². The van der Waals surface area contributed by atoms with Crippen molar-refractivity contribution in [3.8, 4) is 0 Å². The van der Waals surface area contributed by atoms with Gasteiger partial charge in [-0.1, -0.05) is 30.1 Å². The smallest absolute Gasteiger partial charge is 0.251 e. The SMILES string of the molecule is CC1CCNCC1NC(=O)c1cc(Cl)cc(Cl)c1. The number of hydrogen-bond acceptors (Lipinski definition) is 2. The second-order valence-corrected chi connectivity index (χ2v) is 5.58. The molecule has 1 amide bonds. The number of halogens is 2. The third-order valence-electron chi connectivity index (χ3n) is 3.27. The van der Waals surface area contributed by atoms with E-state index in [-0.39, 0.29) is 11.9 Å². The Bertz CT molecular complexity index is 430. The standard InChI is InChI=1S/C13H16Cl2N2O/c1-8-2-3-16-7-12(8)17-13(18)9-4-10(14)6-11(15)5-9/h4-6,8,12,16H,2-3,7H2,1H3,(H,17,18). The Morgan fingerprint density at radius 2 is 2.00 bits per heavy atom. The van der Waals surface area contributed by atoms with E-state index in [4.69, 9.17) is 23.2 Å². The van der Waals surface area contributed by atoms with Gasteiger partial charge in [-0.2, -0.15) is 0 Å². The van der Waals surface area contributed by atoms with Crippen LogP contribution in [0.15, 0.2) is 18.2 Å². The van der Waals surface area contributed by atoms with Crippen molar-refractivity contribution in [1.29, 1.82) is 0 Å². The van der Waals surface area contributed by atoms with Gasteiger partial charge in [-0.15, -0.1) is 0 Å². The molecule has 0 aliphatic carbocycles. The van der Waals surface area contributed by atoms with Gasteiger partial charge in [0.2, 0.25) is 0 Å². The summed E-state index contributed by atoms with van der Waals surface area (Å²) in [5.74, 6) is 0.352. The molecule has 1 fully saturated rings. The Labute approximate surface area is 117 Å². The number of carbonyl (C=O) groups is 1. The molecule has 0 aromatic heterocycles. The minimum absolute atomic E-state index is 0.125. The lowest BCUT2D eigenvalue weighted by Crippen LogP contribution is -2.50. The molecule has 0 spiro atoms. The van der Waals surface area contributed by atoms with Crippen molar-refractivity contribution in [3.05, 3.63) is 33.8 Å². The van der Waals surface area contributed by atoms with Crippen LogP contribution in [0.4, 0.5) is 0 Å². The van der Waals surface area contributed by atoms with Gasteiger partial charge in [-0.25, -0.2) is 0 Å². The van der Waals surface area contributed by atoms with Gasteiger partial charge >= 0.3 is 0 Å². The molecule has 98 valence electrons. The Morgan fingerprint density at radius 1 is 1.33 bits per heavy atom. The number of amides is 1. The second kappa shape index (κ2) is 5.91. The van der Waals surface area contributed by atoms with Crippen LogP contribution in [0.25, 0.3) is 0 Å². The van der Waals surface area contributed by atoms with Gasteiger partial charge in [-0.3, -0.25) is 4.79 Å². The fraction of sp³-hybridized carbons (Fsp3) is 0.462. The summed E-state index contributed by atoms with van der Waals surface area (Å²) in [6, 6.07) is 5.03. The Kier molecular flexibility index (Phi) is 4.49. The molecule has 18 heavy (non-hydrogen) atoms. The summed E-state index contributed by atoms with van der Waals surface area (Å²) in [5, 5.41) is 7.25. The molecule has 1 aliphatic heterocycles. The molecule has 3 nitrogen and oxygen atoms in total. The van der Waals surface area contributed by atoms with Crippen LogP contribution in [0, 0.1) is 5.92 Å². The molecule has 2 atom stereocenters. The molecule has 2 rings (SSSR count). The zero-order valence-electron chi connectivity index (χ0n) is 10.2. The van der Waals surface area contributed by atoms with E-state index in [1.807, 2.05) is 0 Å². The van der Waals surface area contributed by atoms with E-state index in [9.17, 15) is 4.79 Å². The summed E-state index contributed by atoms with van der Waals surface area (Å²) in [6.07, 6.45) is 1.07. The van der Waals surface area contributed by atoms with Crippen molar-refractivity contribution in [2.75, 3.05) is 13.1 Å². The Morgan fingerprint density at radius 3 is 2.61 bits per heavy atom. The monoisotopic (exact) mass is 286 g/mol. The molecule has 1 aliphatic rings. The van der Waals surface area contributed by atoms with Crippen molar-refractivity contribution in [2.45, 2.75) is 19.4 Å². The summed E-state index contributed by atoms with van der Waals surface area (Å²) < 4.78 is 0. The predicted molar refractivity (Wildman–Crippen MR) is 74.4 cm³/mol. The molecule has 0 bridgehead atoms. The maximum atomic E-state index is 12.1. The van der Waals surface area contributed by atoms with E-state index in [2.05, 4.69) is 17.6 Å². The molecular formula is C13H16Cl2N2O. The van der Waals surface area contributed by atoms with Gasteiger partial charge in [0, 0.05) is 28.2 Å². The van der Waals surface area contributed by atoms with Crippen LogP contribution in [0.5, 0.6) is 0 Å². The summed E-state index contributed by atoms with van der Waals surface area (Å²) >= 11 is 11.8. The average Bonchev–Trinajstić information content (AvgIpc) is 2.31. The summed E-state index contributed by atoms with van der Waals surface area (Å²) in [7, 11) is 0. The lowest BCUT2D eigenvalue weighted by molar-refractivity contribution is 0.0915. The number of carbonyl (C=O) groups excluding carboxylic acids is 1. The van der Waals surface area contributed by atoms with Crippen LogP contribution >= 0.6 is 23.2 Å². The van der Waals surface area contributed by atoms with Crippen molar-refractivity contribution >= 4 is 29.1 Å². The van der Waals surface area contributed by atoms with E-state index in [0.717, 1.165) is 19.5 Å². The molecule has 1 saturated heterocycles. The summed E-state index contributed by atoms with van der Waals surface area (Å²) in [6.45, 7) is 3.97. The van der Waals surface area contributed by atoms with Crippen LogP contribution in [-0.4, -0.2) is 25.0 Å². The van der Waals surface area contributed by atoms with Gasteiger partial charge in [0.25, 0.3) is 5.91 Å². The zero-order chi connectivity index (χ0) is 13.1. The van der Waals surface area contributed by atoms with E-state index in [0.29, 0.717) is 21.5 Å². The fourth-order valence-corrected chi connectivity index (χ4v) is 2.65. The van der Waals surface area contributed by atoms with Crippen molar-refractivity contribution in [2.24, 2.45) is 5.92 Å². The van der Waals surface area contributed by atoms with Crippen molar-refractivity contribution in [3.63, 3.8) is 0 Å². The first kappa shape index (κ1) is 13.7. The highest BCUT2D eigenvalue weighted by Gasteiger charge is 2.23. The second-order valence-electron chi connectivity index (χ2n) is 4.71. The molecule has 0 radical (unpaired) electrons. The third kappa shape index (κ3) is 3.37. The number of hydrogen-bond donors (Lipinski definition) is 2. The minimum atomic E-state index is -0.125. The Hall–Kier alpha value is -0.770. The molecule has 2 unspecified atom stereocenters. The Balaban J connectivity index is 2.06. The van der Waals surface area contributed by atoms with Gasteiger partial charge in [0.1, 0.15) is 0 Å². The maximum Gasteiger partial charge on any atom is 0.251 e. The van der Waals surface area contributed by atoms with Crippen LogP contribution in [0.3, 0.4) is 0 Å². The minimum Gasteiger partial charge on any atom is -0.348 e. The number of rotatable bonds is 2. The maximum absolute atomic E-state index is 12.1. The molecule has 5 heteroatoms. The first-order valence-electron chi connectivity index (χ1n) is 6.04. The molecule has 0 saturated carbocycles. The number of nitrogens with one attached hydrogen (secondary N) is 2. The molecular weight excluding hydrogens is 271 g/mol. The quantitative estimate of drug-likeness (QED) is 0.878. The van der Waals surface area contributed by atoms with E-state index in [1.54, 1.807) is 18.2 Å². The molecule has 2 N–H and O–H groups in total. The first-order chi connectivity index (χ1) is 8.56.